The first kappa shape index (κ1) is 16.5. The summed E-state index contributed by atoms with van der Waals surface area (Å²) >= 11 is 11.8. The minimum atomic E-state index is -0.614. The summed E-state index contributed by atoms with van der Waals surface area (Å²) in [6.45, 7) is 4.55. The lowest BCUT2D eigenvalue weighted by Crippen LogP contribution is -2.33. The summed E-state index contributed by atoms with van der Waals surface area (Å²) in [5.74, 6) is 0.475. The predicted molar refractivity (Wildman–Crippen MR) is 77.3 cm³/mol. The molecule has 1 rings (SSSR count). The number of aliphatic hydroxyl groups excluding tert-OH is 1. The van der Waals surface area contributed by atoms with Gasteiger partial charge in [-0.2, -0.15) is 0 Å². The lowest BCUT2D eigenvalue weighted by Gasteiger charge is -2.14. The van der Waals surface area contributed by atoms with Crippen LogP contribution < -0.4 is 10.1 Å². The zero-order chi connectivity index (χ0) is 14.1. The first-order valence-electron chi connectivity index (χ1n) is 6.18. The van der Waals surface area contributed by atoms with E-state index in [1.165, 1.54) is 0 Å². The molecule has 0 aromatic heterocycles. The van der Waals surface area contributed by atoms with Gasteiger partial charge in [-0.3, -0.25) is 0 Å². The molecule has 0 aliphatic rings. The Bertz CT molecular complexity index is 377. The van der Waals surface area contributed by atoms with Crippen LogP contribution in [0.25, 0.3) is 0 Å². The third-order valence-electron chi connectivity index (χ3n) is 2.33. The minimum absolute atomic E-state index is 0.154. The van der Waals surface area contributed by atoms with Gasteiger partial charge in [0, 0.05) is 30.8 Å². The van der Waals surface area contributed by atoms with Gasteiger partial charge in [0.1, 0.15) is 18.5 Å². The molecule has 0 radical (unpaired) electrons. The van der Waals surface area contributed by atoms with Crippen LogP contribution in [0.4, 0.5) is 0 Å². The highest BCUT2D eigenvalue weighted by atomic mass is 35.5. The molecule has 2 N–H and O–H groups in total. The van der Waals surface area contributed by atoms with E-state index in [0.29, 0.717) is 42.1 Å². The summed E-state index contributed by atoms with van der Waals surface area (Å²) in [6.07, 6.45) is -0.614. The highest BCUT2D eigenvalue weighted by Gasteiger charge is 2.07. The molecule has 19 heavy (non-hydrogen) atoms. The van der Waals surface area contributed by atoms with Crippen LogP contribution in [0, 0.1) is 0 Å². The largest absolute Gasteiger partial charge is 0.489 e. The summed E-state index contributed by atoms with van der Waals surface area (Å²) in [7, 11) is 0. The number of rotatable bonds is 9. The van der Waals surface area contributed by atoms with E-state index in [1.807, 2.05) is 6.92 Å². The quantitative estimate of drug-likeness (QED) is 0.688. The number of halogens is 2. The standard InChI is InChI=1S/C13H19Cl2NO3/c1-2-18-6-5-16-8-11(17)9-19-13-7-10(14)3-4-12(13)15/h3-4,7,11,16-17H,2,5-6,8-9H2,1H3. The van der Waals surface area contributed by atoms with E-state index in [-0.39, 0.29) is 6.61 Å². The molecule has 0 spiro atoms. The fraction of sp³-hybridized carbons (Fsp3) is 0.538. The molecule has 0 saturated heterocycles. The van der Waals surface area contributed by atoms with Crippen molar-refractivity contribution < 1.29 is 14.6 Å². The van der Waals surface area contributed by atoms with Crippen LogP contribution in [0.15, 0.2) is 18.2 Å². The van der Waals surface area contributed by atoms with Gasteiger partial charge in [0.25, 0.3) is 0 Å². The SMILES string of the molecule is CCOCCNCC(O)COc1cc(Cl)ccc1Cl. The van der Waals surface area contributed by atoms with E-state index < -0.39 is 6.10 Å². The second-order valence-corrected chi connectivity index (χ2v) is 4.78. The molecular weight excluding hydrogens is 289 g/mol. The summed E-state index contributed by atoms with van der Waals surface area (Å²) < 4.78 is 10.6. The Labute approximate surface area is 123 Å². The Balaban J connectivity index is 2.22. The van der Waals surface area contributed by atoms with Gasteiger partial charge in [0.2, 0.25) is 0 Å². The third-order valence-corrected chi connectivity index (χ3v) is 2.88. The second-order valence-electron chi connectivity index (χ2n) is 3.94. The average Bonchev–Trinajstić information content (AvgIpc) is 2.39. The minimum Gasteiger partial charge on any atom is -0.489 e. The first-order valence-corrected chi connectivity index (χ1v) is 6.93. The van der Waals surface area contributed by atoms with Crippen LogP contribution in [0.5, 0.6) is 5.75 Å². The zero-order valence-corrected chi connectivity index (χ0v) is 12.4. The van der Waals surface area contributed by atoms with Crippen molar-refractivity contribution in [3.63, 3.8) is 0 Å². The topological polar surface area (TPSA) is 50.7 Å². The Morgan fingerprint density at radius 2 is 2.16 bits per heavy atom. The van der Waals surface area contributed by atoms with Crippen molar-refractivity contribution in [2.24, 2.45) is 0 Å². The average molecular weight is 308 g/mol. The van der Waals surface area contributed by atoms with E-state index in [2.05, 4.69) is 5.32 Å². The molecule has 0 fully saturated rings. The van der Waals surface area contributed by atoms with E-state index in [0.717, 1.165) is 0 Å². The molecule has 0 aliphatic carbocycles. The van der Waals surface area contributed by atoms with Crippen LogP contribution in [-0.4, -0.2) is 44.1 Å². The van der Waals surface area contributed by atoms with E-state index in [9.17, 15) is 5.11 Å². The van der Waals surface area contributed by atoms with E-state index in [1.54, 1.807) is 18.2 Å². The summed E-state index contributed by atoms with van der Waals surface area (Å²) in [4.78, 5) is 0. The van der Waals surface area contributed by atoms with Crippen molar-refractivity contribution in [3.05, 3.63) is 28.2 Å². The molecule has 0 heterocycles. The maximum atomic E-state index is 9.72. The van der Waals surface area contributed by atoms with Crippen LogP contribution in [0.3, 0.4) is 0 Å². The van der Waals surface area contributed by atoms with Gasteiger partial charge >= 0.3 is 0 Å². The van der Waals surface area contributed by atoms with Gasteiger partial charge in [-0.25, -0.2) is 0 Å². The molecule has 1 aromatic rings. The van der Waals surface area contributed by atoms with Crippen molar-refractivity contribution in [1.29, 1.82) is 0 Å². The van der Waals surface area contributed by atoms with Crippen molar-refractivity contribution >= 4 is 23.2 Å². The lowest BCUT2D eigenvalue weighted by molar-refractivity contribution is 0.100. The van der Waals surface area contributed by atoms with E-state index in [4.69, 9.17) is 32.7 Å². The first-order chi connectivity index (χ1) is 9.13. The molecule has 108 valence electrons. The summed E-state index contributed by atoms with van der Waals surface area (Å²) in [5.41, 5.74) is 0. The molecule has 0 amide bonds. The highest BCUT2D eigenvalue weighted by molar-refractivity contribution is 6.34. The monoisotopic (exact) mass is 307 g/mol. The molecule has 4 nitrogen and oxygen atoms in total. The Hall–Kier alpha value is -0.520. The maximum Gasteiger partial charge on any atom is 0.139 e. The van der Waals surface area contributed by atoms with Crippen LogP contribution in [-0.2, 0) is 4.74 Å². The van der Waals surface area contributed by atoms with Gasteiger partial charge < -0.3 is 19.9 Å². The van der Waals surface area contributed by atoms with E-state index >= 15 is 0 Å². The van der Waals surface area contributed by atoms with Crippen LogP contribution >= 0.6 is 23.2 Å². The number of nitrogens with one attached hydrogen (secondary N) is 1. The Kier molecular flexibility index (Phi) is 8.18. The number of hydrogen-bond donors (Lipinski definition) is 2. The molecule has 0 bridgehead atoms. The van der Waals surface area contributed by atoms with Crippen molar-refractivity contribution in [2.75, 3.05) is 32.9 Å². The lowest BCUT2D eigenvalue weighted by atomic mass is 10.3. The molecule has 6 heteroatoms. The normalized spacial score (nSPS) is 12.4. The van der Waals surface area contributed by atoms with Gasteiger partial charge in [-0.15, -0.1) is 0 Å². The molecule has 1 atom stereocenters. The third kappa shape index (κ3) is 6.99. The molecular formula is C13H19Cl2NO3. The molecule has 0 saturated carbocycles. The summed E-state index contributed by atoms with van der Waals surface area (Å²) in [6, 6.07) is 4.97. The van der Waals surface area contributed by atoms with Gasteiger partial charge in [0.05, 0.1) is 11.6 Å². The van der Waals surface area contributed by atoms with Crippen LogP contribution in [0.1, 0.15) is 6.92 Å². The smallest absolute Gasteiger partial charge is 0.139 e. The maximum absolute atomic E-state index is 9.72. The number of ether oxygens (including phenoxy) is 2. The van der Waals surface area contributed by atoms with Crippen molar-refractivity contribution in [3.8, 4) is 5.75 Å². The number of hydrogen-bond acceptors (Lipinski definition) is 4. The second kappa shape index (κ2) is 9.39. The fourth-order valence-corrected chi connectivity index (χ4v) is 1.72. The zero-order valence-electron chi connectivity index (χ0n) is 10.9. The van der Waals surface area contributed by atoms with Crippen molar-refractivity contribution in [2.45, 2.75) is 13.0 Å². The van der Waals surface area contributed by atoms with Gasteiger partial charge in [-0.1, -0.05) is 23.2 Å². The predicted octanol–water partition coefficient (Wildman–Crippen LogP) is 2.36. The van der Waals surface area contributed by atoms with Gasteiger partial charge in [-0.05, 0) is 19.1 Å². The fourth-order valence-electron chi connectivity index (χ4n) is 1.39. The molecule has 1 aromatic carbocycles. The van der Waals surface area contributed by atoms with Crippen LogP contribution in [0.2, 0.25) is 10.0 Å². The molecule has 1 unspecified atom stereocenters. The Morgan fingerprint density at radius 3 is 2.89 bits per heavy atom. The highest BCUT2D eigenvalue weighted by Crippen LogP contribution is 2.27. The summed E-state index contributed by atoms with van der Waals surface area (Å²) in [5, 5.41) is 13.8. The Morgan fingerprint density at radius 1 is 1.37 bits per heavy atom. The number of benzene rings is 1. The number of aliphatic hydroxyl groups is 1. The molecule has 0 aliphatic heterocycles. The van der Waals surface area contributed by atoms with Crippen molar-refractivity contribution in [1.82, 2.24) is 5.32 Å². The van der Waals surface area contributed by atoms with Gasteiger partial charge in [0.15, 0.2) is 0 Å².